The van der Waals surface area contributed by atoms with Crippen molar-refractivity contribution in [1.29, 1.82) is 0 Å². The number of aromatic nitrogens is 1. The molecule has 1 aromatic heterocycles. The minimum atomic E-state index is 1.15. The van der Waals surface area contributed by atoms with Crippen LogP contribution in [0.2, 0.25) is 0 Å². The summed E-state index contributed by atoms with van der Waals surface area (Å²) in [6, 6.07) is 6.22. The van der Waals surface area contributed by atoms with Crippen LogP contribution in [0.15, 0.2) is 24.4 Å². The first-order valence-corrected chi connectivity index (χ1v) is 9.33. The van der Waals surface area contributed by atoms with E-state index in [0.29, 0.717) is 0 Å². The van der Waals surface area contributed by atoms with Gasteiger partial charge in [0.15, 0.2) is 0 Å². The van der Waals surface area contributed by atoms with Crippen molar-refractivity contribution in [3.8, 4) is 0 Å². The summed E-state index contributed by atoms with van der Waals surface area (Å²) in [5.41, 5.74) is 1.25. The second kappa shape index (κ2) is 14.1. The second-order valence-corrected chi connectivity index (χ2v) is 6.31. The molecular formula is C20H35N. The molecule has 0 spiro atoms. The van der Waals surface area contributed by atoms with Crippen molar-refractivity contribution >= 4 is 0 Å². The summed E-state index contributed by atoms with van der Waals surface area (Å²) >= 11 is 0. The quantitative estimate of drug-likeness (QED) is 0.347. The Hall–Kier alpha value is -0.850. The standard InChI is InChI=1S/C20H35N/c1-2-3-4-5-6-7-8-9-10-11-12-13-14-17-20-18-15-16-19-21-20/h15-16,18-19H,2-14,17H2,1H3. The van der Waals surface area contributed by atoms with Crippen LogP contribution in [0.25, 0.3) is 0 Å². The molecule has 0 aromatic carbocycles. The normalized spacial score (nSPS) is 10.9. The van der Waals surface area contributed by atoms with Gasteiger partial charge in [0.1, 0.15) is 0 Å². The molecule has 0 unspecified atom stereocenters. The lowest BCUT2D eigenvalue weighted by Gasteiger charge is -2.03. The van der Waals surface area contributed by atoms with Gasteiger partial charge in [-0.15, -0.1) is 0 Å². The SMILES string of the molecule is CCCCCCCCCCCCCCCc1ccccn1. The van der Waals surface area contributed by atoms with Crippen LogP contribution < -0.4 is 0 Å². The van der Waals surface area contributed by atoms with E-state index < -0.39 is 0 Å². The molecular weight excluding hydrogens is 254 g/mol. The smallest absolute Gasteiger partial charge is 0.0403 e. The molecule has 0 aliphatic rings. The first kappa shape index (κ1) is 18.2. The Labute approximate surface area is 132 Å². The highest BCUT2D eigenvalue weighted by Gasteiger charge is 1.95. The van der Waals surface area contributed by atoms with Gasteiger partial charge in [-0.05, 0) is 25.0 Å². The number of pyridine rings is 1. The predicted molar refractivity (Wildman–Crippen MR) is 93.6 cm³/mol. The summed E-state index contributed by atoms with van der Waals surface area (Å²) in [4.78, 5) is 4.37. The van der Waals surface area contributed by atoms with Crippen LogP contribution in [0.3, 0.4) is 0 Å². The Morgan fingerprint density at radius 3 is 1.67 bits per heavy atom. The Morgan fingerprint density at radius 2 is 1.19 bits per heavy atom. The van der Waals surface area contributed by atoms with E-state index in [9.17, 15) is 0 Å². The van der Waals surface area contributed by atoms with E-state index in [1.54, 1.807) is 0 Å². The Bertz CT molecular complexity index is 307. The van der Waals surface area contributed by atoms with E-state index in [2.05, 4.69) is 24.0 Å². The fourth-order valence-electron chi connectivity index (χ4n) is 2.87. The fraction of sp³-hybridized carbons (Fsp3) is 0.750. The van der Waals surface area contributed by atoms with Crippen molar-refractivity contribution in [1.82, 2.24) is 4.98 Å². The lowest BCUT2D eigenvalue weighted by atomic mass is 10.0. The zero-order valence-corrected chi connectivity index (χ0v) is 14.2. The molecule has 0 fully saturated rings. The summed E-state index contributed by atoms with van der Waals surface area (Å²) in [5.74, 6) is 0. The summed E-state index contributed by atoms with van der Waals surface area (Å²) < 4.78 is 0. The van der Waals surface area contributed by atoms with E-state index in [1.165, 1.54) is 89.2 Å². The fourth-order valence-corrected chi connectivity index (χ4v) is 2.87. The van der Waals surface area contributed by atoms with Crippen molar-refractivity contribution in [2.45, 2.75) is 96.8 Å². The van der Waals surface area contributed by atoms with Crippen LogP contribution in [-0.4, -0.2) is 4.98 Å². The van der Waals surface area contributed by atoms with E-state index in [-0.39, 0.29) is 0 Å². The second-order valence-electron chi connectivity index (χ2n) is 6.31. The van der Waals surface area contributed by atoms with E-state index in [0.717, 1.165) is 6.42 Å². The van der Waals surface area contributed by atoms with E-state index in [4.69, 9.17) is 0 Å². The molecule has 0 atom stereocenters. The Morgan fingerprint density at radius 1 is 0.667 bits per heavy atom. The molecule has 0 N–H and O–H groups in total. The van der Waals surface area contributed by atoms with Gasteiger partial charge < -0.3 is 0 Å². The molecule has 0 saturated heterocycles. The van der Waals surface area contributed by atoms with Gasteiger partial charge in [0.2, 0.25) is 0 Å². The predicted octanol–water partition coefficient (Wildman–Crippen LogP) is 6.72. The summed E-state index contributed by atoms with van der Waals surface area (Å²) in [6.45, 7) is 2.29. The first-order chi connectivity index (χ1) is 10.4. The van der Waals surface area contributed by atoms with Gasteiger partial charge in [-0.25, -0.2) is 0 Å². The molecule has 1 aromatic rings. The molecule has 1 heterocycles. The number of hydrogen-bond acceptors (Lipinski definition) is 1. The molecule has 0 amide bonds. The molecule has 21 heavy (non-hydrogen) atoms. The molecule has 120 valence electrons. The Kier molecular flexibility index (Phi) is 12.2. The molecule has 0 bridgehead atoms. The maximum Gasteiger partial charge on any atom is 0.0403 e. The highest BCUT2D eigenvalue weighted by atomic mass is 14.7. The first-order valence-electron chi connectivity index (χ1n) is 9.33. The highest BCUT2D eigenvalue weighted by Crippen LogP contribution is 2.13. The van der Waals surface area contributed by atoms with Crippen LogP contribution in [0, 0.1) is 0 Å². The molecule has 1 nitrogen and oxygen atoms in total. The van der Waals surface area contributed by atoms with Crippen LogP contribution in [0.1, 0.15) is 96.1 Å². The van der Waals surface area contributed by atoms with Gasteiger partial charge in [0, 0.05) is 11.9 Å². The van der Waals surface area contributed by atoms with Gasteiger partial charge in [0.25, 0.3) is 0 Å². The zero-order chi connectivity index (χ0) is 15.0. The third-order valence-electron chi connectivity index (χ3n) is 4.26. The number of hydrogen-bond donors (Lipinski definition) is 0. The number of nitrogens with zero attached hydrogens (tertiary/aromatic N) is 1. The summed E-state index contributed by atoms with van der Waals surface area (Å²) in [6.07, 6.45) is 21.5. The van der Waals surface area contributed by atoms with Gasteiger partial charge >= 0.3 is 0 Å². The van der Waals surface area contributed by atoms with Gasteiger partial charge in [-0.3, -0.25) is 4.98 Å². The molecule has 1 rings (SSSR count). The van der Waals surface area contributed by atoms with Gasteiger partial charge in [-0.1, -0.05) is 90.0 Å². The number of rotatable bonds is 14. The molecule has 1 heteroatoms. The van der Waals surface area contributed by atoms with Crippen LogP contribution in [-0.2, 0) is 6.42 Å². The van der Waals surface area contributed by atoms with Crippen LogP contribution in [0.4, 0.5) is 0 Å². The zero-order valence-electron chi connectivity index (χ0n) is 14.2. The largest absolute Gasteiger partial charge is 0.261 e. The molecule has 0 saturated carbocycles. The van der Waals surface area contributed by atoms with E-state index in [1.807, 2.05) is 12.3 Å². The Balaban J connectivity index is 1.75. The number of aryl methyl sites for hydroxylation is 1. The monoisotopic (exact) mass is 289 g/mol. The summed E-state index contributed by atoms with van der Waals surface area (Å²) in [7, 11) is 0. The van der Waals surface area contributed by atoms with Gasteiger partial charge in [-0.2, -0.15) is 0 Å². The third-order valence-corrected chi connectivity index (χ3v) is 4.26. The third kappa shape index (κ3) is 11.5. The topological polar surface area (TPSA) is 12.9 Å². The van der Waals surface area contributed by atoms with E-state index >= 15 is 0 Å². The summed E-state index contributed by atoms with van der Waals surface area (Å²) in [5, 5.41) is 0. The van der Waals surface area contributed by atoms with Crippen molar-refractivity contribution in [2.75, 3.05) is 0 Å². The molecule has 0 aliphatic carbocycles. The lowest BCUT2D eigenvalue weighted by molar-refractivity contribution is 0.539. The molecule has 0 aliphatic heterocycles. The molecule has 0 radical (unpaired) electrons. The average molecular weight is 290 g/mol. The number of unbranched alkanes of at least 4 members (excludes halogenated alkanes) is 12. The maximum atomic E-state index is 4.37. The minimum Gasteiger partial charge on any atom is -0.261 e. The lowest BCUT2D eigenvalue weighted by Crippen LogP contribution is -1.89. The van der Waals surface area contributed by atoms with Crippen molar-refractivity contribution in [3.63, 3.8) is 0 Å². The van der Waals surface area contributed by atoms with Crippen LogP contribution >= 0.6 is 0 Å². The van der Waals surface area contributed by atoms with Crippen molar-refractivity contribution in [3.05, 3.63) is 30.1 Å². The minimum absolute atomic E-state index is 1.15. The highest BCUT2D eigenvalue weighted by molar-refractivity contribution is 5.03. The van der Waals surface area contributed by atoms with Crippen LogP contribution in [0.5, 0.6) is 0 Å². The van der Waals surface area contributed by atoms with Crippen molar-refractivity contribution < 1.29 is 0 Å². The average Bonchev–Trinajstić information content (AvgIpc) is 2.53. The maximum absolute atomic E-state index is 4.37. The van der Waals surface area contributed by atoms with Gasteiger partial charge in [0.05, 0.1) is 0 Å². The van der Waals surface area contributed by atoms with Crippen molar-refractivity contribution in [2.24, 2.45) is 0 Å².